The fraction of sp³-hybridized carbons (Fsp3) is 0.400. The second-order valence-electron chi connectivity index (χ2n) is 7.19. The lowest BCUT2D eigenvalue weighted by atomic mass is 9.93. The molecule has 0 amide bonds. The first-order chi connectivity index (χ1) is 13.6. The van der Waals surface area contributed by atoms with E-state index in [1.165, 1.54) is 29.7 Å². The van der Waals surface area contributed by atoms with Crippen LogP contribution in [0.2, 0.25) is 4.34 Å². The summed E-state index contributed by atoms with van der Waals surface area (Å²) in [4.78, 5) is 20.3. The van der Waals surface area contributed by atoms with Crippen molar-refractivity contribution in [2.45, 2.75) is 32.7 Å². The van der Waals surface area contributed by atoms with Gasteiger partial charge in [0.2, 0.25) is 0 Å². The predicted octanol–water partition coefficient (Wildman–Crippen LogP) is 4.49. The molecule has 0 unspecified atom stereocenters. The Morgan fingerprint density at radius 2 is 2.11 bits per heavy atom. The average molecular weight is 415 g/mol. The summed E-state index contributed by atoms with van der Waals surface area (Å²) in [5.41, 5.74) is 2.24. The van der Waals surface area contributed by atoms with Crippen molar-refractivity contribution in [3.8, 4) is 0 Å². The van der Waals surface area contributed by atoms with E-state index < -0.39 is 0 Å². The third-order valence-corrected chi connectivity index (χ3v) is 5.95. The van der Waals surface area contributed by atoms with Crippen LogP contribution in [0.5, 0.6) is 0 Å². The minimum absolute atomic E-state index is 0.620. The number of piperidine rings is 1. The topological polar surface area (TPSA) is 66.8 Å². The monoisotopic (exact) mass is 414 g/mol. The van der Waals surface area contributed by atoms with E-state index in [-0.39, 0.29) is 0 Å². The lowest BCUT2D eigenvalue weighted by Crippen LogP contribution is -2.34. The smallest absolute Gasteiger partial charge is 0.189 e. The van der Waals surface area contributed by atoms with Gasteiger partial charge in [-0.2, -0.15) is 0 Å². The molecule has 0 aromatic carbocycles. The number of likely N-dealkylation sites (tertiary alicyclic amines) is 1. The normalized spacial score (nSPS) is 15.6. The summed E-state index contributed by atoms with van der Waals surface area (Å²) in [6.45, 7) is 5.19. The van der Waals surface area contributed by atoms with Crippen LogP contribution in [0.1, 0.15) is 29.9 Å². The molecule has 6 nitrogen and oxygen atoms in total. The molecule has 0 atom stereocenters. The van der Waals surface area contributed by atoms with Gasteiger partial charge in [0.15, 0.2) is 5.13 Å². The van der Waals surface area contributed by atoms with Crippen LogP contribution in [-0.2, 0) is 13.0 Å². The van der Waals surface area contributed by atoms with Gasteiger partial charge in [-0.15, -0.1) is 0 Å². The van der Waals surface area contributed by atoms with Crippen LogP contribution in [0.4, 0.5) is 10.9 Å². The number of rotatable bonds is 6. The van der Waals surface area contributed by atoms with E-state index in [1.807, 2.05) is 31.5 Å². The van der Waals surface area contributed by atoms with E-state index in [2.05, 4.69) is 31.2 Å². The summed E-state index contributed by atoms with van der Waals surface area (Å²) in [6, 6.07) is 6.08. The number of pyridine rings is 1. The van der Waals surface area contributed by atoms with Crippen LogP contribution < -0.4 is 5.32 Å². The van der Waals surface area contributed by atoms with Gasteiger partial charge in [0.1, 0.15) is 16.0 Å². The molecule has 0 aliphatic carbocycles. The third kappa shape index (κ3) is 5.25. The van der Waals surface area contributed by atoms with Gasteiger partial charge in [-0.3, -0.25) is 9.88 Å². The van der Waals surface area contributed by atoms with Crippen molar-refractivity contribution in [1.29, 1.82) is 0 Å². The van der Waals surface area contributed by atoms with Crippen molar-refractivity contribution in [2.75, 3.05) is 18.4 Å². The van der Waals surface area contributed by atoms with Gasteiger partial charge in [-0.25, -0.2) is 15.0 Å². The van der Waals surface area contributed by atoms with Gasteiger partial charge in [0, 0.05) is 37.1 Å². The minimum Gasteiger partial charge on any atom is -0.316 e. The number of hydrogen-bond donors (Lipinski definition) is 1. The van der Waals surface area contributed by atoms with Gasteiger partial charge in [-0.05, 0) is 50.4 Å². The van der Waals surface area contributed by atoms with Crippen molar-refractivity contribution >= 4 is 33.9 Å². The molecule has 1 aliphatic rings. The zero-order valence-corrected chi connectivity index (χ0v) is 17.4. The van der Waals surface area contributed by atoms with E-state index in [0.717, 1.165) is 48.5 Å². The molecular formula is C20H23ClN6S. The maximum absolute atomic E-state index is 5.96. The summed E-state index contributed by atoms with van der Waals surface area (Å²) >= 11 is 7.36. The fourth-order valence-electron chi connectivity index (χ4n) is 3.56. The highest BCUT2D eigenvalue weighted by molar-refractivity contribution is 7.19. The molecule has 8 heteroatoms. The first-order valence-electron chi connectivity index (χ1n) is 9.48. The largest absolute Gasteiger partial charge is 0.316 e. The molecule has 0 bridgehead atoms. The number of halogens is 1. The molecular weight excluding hydrogens is 392 g/mol. The first kappa shape index (κ1) is 19.2. The van der Waals surface area contributed by atoms with Crippen molar-refractivity contribution in [2.24, 2.45) is 5.92 Å². The Labute approximate surface area is 174 Å². The SMILES string of the molecule is Cc1cc(Nc2ncc(Cl)s2)nc(CC2CCN(Cc3cccnc3)CC2)n1. The summed E-state index contributed by atoms with van der Waals surface area (Å²) in [5, 5.41) is 3.98. The number of hydrogen-bond acceptors (Lipinski definition) is 7. The van der Waals surface area contributed by atoms with E-state index in [0.29, 0.717) is 10.3 Å². The summed E-state index contributed by atoms with van der Waals surface area (Å²) < 4.78 is 0.659. The van der Waals surface area contributed by atoms with Gasteiger partial charge in [0.25, 0.3) is 0 Å². The molecule has 146 valence electrons. The van der Waals surface area contributed by atoms with E-state index in [9.17, 15) is 0 Å². The van der Waals surface area contributed by atoms with Crippen LogP contribution in [0.15, 0.2) is 36.8 Å². The highest BCUT2D eigenvalue weighted by Crippen LogP contribution is 2.26. The molecule has 1 N–H and O–H groups in total. The lowest BCUT2D eigenvalue weighted by molar-refractivity contribution is 0.176. The number of aromatic nitrogens is 4. The highest BCUT2D eigenvalue weighted by atomic mass is 35.5. The Morgan fingerprint density at radius 1 is 1.25 bits per heavy atom. The Hall–Kier alpha value is -2.09. The fourth-order valence-corrected chi connectivity index (χ4v) is 4.38. The number of aryl methyl sites for hydroxylation is 1. The van der Waals surface area contributed by atoms with Gasteiger partial charge < -0.3 is 5.32 Å². The van der Waals surface area contributed by atoms with E-state index in [4.69, 9.17) is 16.6 Å². The van der Waals surface area contributed by atoms with Crippen LogP contribution in [0, 0.1) is 12.8 Å². The van der Waals surface area contributed by atoms with Crippen LogP contribution in [0.25, 0.3) is 0 Å². The summed E-state index contributed by atoms with van der Waals surface area (Å²) in [7, 11) is 0. The Balaban J connectivity index is 1.33. The van der Waals surface area contributed by atoms with Gasteiger partial charge >= 0.3 is 0 Å². The van der Waals surface area contributed by atoms with Crippen LogP contribution >= 0.6 is 22.9 Å². The molecule has 0 radical (unpaired) electrons. The molecule has 0 saturated carbocycles. The van der Waals surface area contributed by atoms with Crippen molar-refractivity contribution in [3.05, 3.63) is 58.2 Å². The quantitative estimate of drug-likeness (QED) is 0.641. The average Bonchev–Trinajstić information content (AvgIpc) is 3.08. The van der Waals surface area contributed by atoms with Crippen molar-refractivity contribution in [3.63, 3.8) is 0 Å². The maximum atomic E-state index is 5.96. The molecule has 3 aromatic rings. The van der Waals surface area contributed by atoms with Gasteiger partial charge in [-0.1, -0.05) is 29.0 Å². The highest BCUT2D eigenvalue weighted by Gasteiger charge is 2.21. The number of nitrogens with one attached hydrogen (secondary N) is 1. The summed E-state index contributed by atoms with van der Waals surface area (Å²) in [6.07, 6.45) is 8.67. The van der Waals surface area contributed by atoms with E-state index >= 15 is 0 Å². The zero-order chi connectivity index (χ0) is 19.3. The Morgan fingerprint density at radius 3 is 2.82 bits per heavy atom. The van der Waals surface area contributed by atoms with Crippen LogP contribution in [-0.4, -0.2) is 37.9 Å². The molecule has 1 aliphatic heterocycles. The number of anilines is 2. The zero-order valence-electron chi connectivity index (χ0n) is 15.8. The predicted molar refractivity (Wildman–Crippen MR) is 113 cm³/mol. The molecule has 28 heavy (non-hydrogen) atoms. The molecule has 3 aromatic heterocycles. The standard InChI is InChI=1S/C20H23ClN6S/c1-14-9-18(26-20-23-12-17(21)28-20)25-19(24-14)10-15-4-7-27(8-5-15)13-16-3-2-6-22-11-16/h2-3,6,9,11-12,15H,4-5,7-8,10,13H2,1H3,(H,23,24,25,26). The molecule has 4 rings (SSSR count). The second kappa shape index (κ2) is 8.94. The summed E-state index contributed by atoms with van der Waals surface area (Å²) in [5.74, 6) is 2.30. The minimum atomic E-state index is 0.620. The number of nitrogens with zero attached hydrogens (tertiary/aromatic N) is 5. The van der Waals surface area contributed by atoms with Crippen LogP contribution in [0.3, 0.4) is 0 Å². The third-order valence-electron chi connectivity index (χ3n) is 4.92. The second-order valence-corrected chi connectivity index (χ2v) is 8.85. The first-order valence-corrected chi connectivity index (χ1v) is 10.7. The maximum Gasteiger partial charge on any atom is 0.189 e. The van der Waals surface area contributed by atoms with E-state index in [1.54, 1.807) is 6.20 Å². The van der Waals surface area contributed by atoms with Gasteiger partial charge in [0.05, 0.1) is 6.20 Å². The lowest BCUT2D eigenvalue weighted by Gasteiger charge is -2.31. The molecule has 1 saturated heterocycles. The Kier molecular flexibility index (Phi) is 6.14. The number of thiazole rings is 1. The Bertz CT molecular complexity index is 908. The molecule has 1 fully saturated rings. The molecule has 0 spiro atoms. The van der Waals surface area contributed by atoms with Crippen molar-refractivity contribution in [1.82, 2.24) is 24.8 Å². The molecule has 4 heterocycles. The van der Waals surface area contributed by atoms with Crippen molar-refractivity contribution < 1.29 is 0 Å².